The van der Waals surface area contributed by atoms with E-state index in [0.29, 0.717) is 30.2 Å². The number of rotatable bonds is 8. The van der Waals surface area contributed by atoms with Crippen LogP contribution in [0, 0.1) is 18.3 Å². The van der Waals surface area contributed by atoms with Crippen LogP contribution in [0.15, 0.2) is 18.3 Å². The molecule has 1 amide bonds. The summed E-state index contributed by atoms with van der Waals surface area (Å²) >= 11 is 7.07. The van der Waals surface area contributed by atoms with E-state index < -0.39 is 0 Å². The molecule has 3 atom stereocenters. The van der Waals surface area contributed by atoms with Gasteiger partial charge in [-0.1, -0.05) is 11.6 Å². The van der Waals surface area contributed by atoms with Gasteiger partial charge in [-0.25, -0.2) is 9.67 Å². The Morgan fingerprint density at radius 2 is 2.13 bits per heavy atom. The lowest BCUT2D eigenvalue weighted by Gasteiger charge is -2.38. The lowest BCUT2D eigenvalue weighted by Crippen LogP contribution is -2.51. The Bertz CT molecular complexity index is 1590. The molecule has 3 unspecified atom stereocenters. The standard InChI is InChI=1S/C33H44ClN9O2/c1-21-15-29-25(17-37-43(29)30-7-5-6-14-45-30)32(31(21)34)42-12-9-24-27(20-42)39-26(33(44)38-22(2)18-40(3)4)16-28(24)41-13-11-36-23(19-41)8-10-35/h15-17,22-23,30,36H,5-9,11-14,18-20H2,1-4H3,(H,38,44). The number of fused-ring (bicyclic) bond motifs is 2. The fourth-order valence-corrected chi connectivity index (χ4v) is 7.29. The van der Waals surface area contributed by atoms with Gasteiger partial charge >= 0.3 is 0 Å². The number of amides is 1. The monoisotopic (exact) mass is 633 g/mol. The average molecular weight is 634 g/mol. The third-order valence-electron chi connectivity index (χ3n) is 9.08. The zero-order valence-corrected chi connectivity index (χ0v) is 27.5. The molecule has 11 nitrogen and oxygen atoms in total. The lowest BCUT2D eigenvalue weighted by atomic mass is 9.98. The van der Waals surface area contributed by atoms with Gasteiger partial charge in [0.1, 0.15) is 5.69 Å². The first-order chi connectivity index (χ1) is 21.7. The van der Waals surface area contributed by atoms with Crippen LogP contribution in [0.1, 0.15) is 66.1 Å². The maximum Gasteiger partial charge on any atom is 0.270 e. The summed E-state index contributed by atoms with van der Waals surface area (Å²) in [6.45, 7) is 9.08. The van der Waals surface area contributed by atoms with Crippen LogP contribution in [0.2, 0.25) is 5.02 Å². The number of carbonyl (C=O) groups excluding carboxylic acids is 1. The number of piperazine rings is 1. The highest BCUT2D eigenvalue weighted by atomic mass is 35.5. The maximum atomic E-state index is 13.6. The van der Waals surface area contributed by atoms with Crippen LogP contribution in [0.25, 0.3) is 10.9 Å². The van der Waals surface area contributed by atoms with E-state index in [4.69, 9.17) is 26.4 Å². The first kappa shape index (κ1) is 31.5. The molecule has 2 aromatic heterocycles. The molecule has 2 saturated heterocycles. The van der Waals surface area contributed by atoms with Gasteiger partial charge in [0.05, 0.1) is 47.2 Å². The number of likely N-dealkylation sites (N-methyl/N-ethyl adjacent to an activating group) is 1. The molecule has 0 radical (unpaired) electrons. The summed E-state index contributed by atoms with van der Waals surface area (Å²) in [6, 6.07) is 6.41. The van der Waals surface area contributed by atoms with Crippen molar-refractivity contribution in [2.75, 3.05) is 63.2 Å². The van der Waals surface area contributed by atoms with Crippen molar-refractivity contribution in [3.8, 4) is 6.07 Å². The number of hydrogen-bond donors (Lipinski definition) is 2. The molecule has 2 N–H and O–H groups in total. The van der Waals surface area contributed by atoms with Gasteiger partial charge in [-0.15, -0.1) is 0 Å². The van der Waals surface area contributed by atoms with E-state index in [0.717, 1.165) is 97.6 Å². The van der Waals surface area contributed by atoms with Crippen molar-refractivity contribution in [3.63, 3.8) is 0 Å². The number of nitriles is 1. The predicted octanol–water partition coefficient (Wildman–Crippen LogP) is 4.03. The lowest BCUT2D eigenvalue weighted by molar-refractivity contribution is -0.0366. The number of anilines is 2. The van der Waals surface area contributed by atoms with Gasteiger partial charge in [0.2, 0.25) is 0 Å². The van der Waals surface area contributed by atoms with E-state index in [9.17, 15) is 10.1 Å². The Labute approximate surface area is 270 Å². The zero-order valence-electron chi connectivity index (χ0n) is 26.8. The minimum absolute atomic E-state index is 0.0338. The van der Waals surface area contributed by atoms with Crippen LogP contribution >= 0.6 is 11.6 Å². The summed E-state index contributed by atoms with van der Waals surface area (Å²) < 4.78 is 8.10. The highest BCUT2D eigenvalue weighted by Gasteiger charge is 2.31. The molecule has 3 aliphatic heterocycles. The second-order valence-corrected chi connectivity index (χ2v) is 13.3. The third-order valence-corrected chi connectivity index (χ3v) is 9.56. The molecule has 0 bridgehead atoms. The molecule has 45 heavy (non-hydrogen) atoms. The molecule has 0 aliphatic carbocycles. The molecule has 240 valence electrons. The van der Waals surface area contributed by atoms with Crippen LogP contribution in [0.4, 0.5) is 11.4 Å². The topological polar surface area (TPSA) is 115 Å². The van der Waals surface area contributed by atoms with E-state index in [1.54, 1.807) is 0 Å². The second kappa shape index (κ2) is 13.5. The summed E-state index contributed by atoms with van der Waals surface area (Å²) in [6.07, 6.45) is 6.18. The molecule has 6 rings (SSSR count). The van der Waals surface area contributed by atoms with Gasteiger partial charge in [0, 0.05) is 68.1 Å². The number of benzene rings is 1. The highest BCUT2D eigenvalue weighted by molar-refractivity contribution is 6.35. The number of ether oxygens (including phenoxy) is 1. The van der Waals surface area contributed by atoms with Crippen LogP contribution in [0.5, 0.6) is 0 Å². The molecule has 0 saturated carbocycles. The Hall–Kier alpha value is -3.43. The summed E-state index contributed by atoms with van der Waals surface area (Å²) in [5, 5.41) is 22.4. The van der Waals surface area contributed by atoms with Gasteiger partial charge in [0.25, 0.3) is 5.91 Å². The molecule has 5 heterocycles. The SMILES string of the molecule is Cc1cc2c(cnn2C2CCCCO2)c(N2CCc3c(N4CCNC(CC#N)C4)cc(C(=O)NC(C)CN(C)C)nc3C2)c1Cl. The van der Waals surface area contributed by atoms with Crippen molar-refractivity contribution < 1.29 is 9.53 Å². The molecule has 2 fully saturated rings. The largest absolute Gasteiger partial charge is 0.368 e. The summed E-state index contributed by atoms with van der Waals surface area (Å²) in [5.41, 5.74) is 6.45. The highest BCUT2D eigenvalue weighted by Crippen LogP contribution is 2.41. The number of nitrogens with one attached hydrogen (secondary N) is 2. The van der Waals surface area contributed by atoms with Crippen molar-refractivity contribution in [1.82, 2.24) is 30.3 Å². The molecule has 12 heteroatoms. The molecule has 1 aromatic carbocycles. The summed E-state index contributed by atoms with van der Waals surface area (Å²) in [7, 11) is 3.99. The number of carbonyl (C=O) groups is 1. The number of nitrogens with zero attached hydrogens (tertiary/aromatic N) is 7. The Morgan fingerprint density at radius 3 is 2.89 bits per heavy atom. The van der Waals surface area contributed by atoms with Gasteiger partial charge < -0.3 is 30.1 Å². The Balaban J connectivity index is 1.37. The van der Waals surface area contributed by atoms with Crippen molar-refractivity contribution in [2.24, 2.45) is 0 Å². The minimum Gasteiger partial charge on any atom is -0.368 e. The molecular weight excluding hydrogens is 590 g/mol. The minimum atomic E-state index is -0.182. The van der Waals surface area contributed by atoms with E-state index in [2.05, 4.69) is 37.5 Å². The average Bonchev–Trinajstić information content (AvgIpc) is 3.44. The molecule has 3 aromatic rings. The fourth-order valence-electron chi connectivity index (χ4n) is 7.02. The van der Waals surface area contributed by atoms with E-state index in [1.807, 2.05) is 44.9 Å². The number of aryl methyl sites for hydroxylation is 1. The van der Waals surface area contributed by atoms with Crippen LogP contribution in [0.3, 0.4) is 0 Å². The van der Waals surface area contributed by atoms with Gasteiger partial charge in [-0.3, -0.25) is 4.79 Å². The van der Waals surface area contributed by atoms with Crippen molar-refractivity contribution in [3.05, 3.63) is 45.9 Å². The smallest absolute Gasteiger partial charge is 0.270 e. The van der Waals surface area contributed by atoms with E-state index >= 15 is 0 Å². The molecule has 3 aliphatic rings. The quantitative estimate of drug-likeness (QED) is 0.380. The number of pyridine rings is 1. The Kier molecular flexibility index (Phi) is 9.47. The number of aromatic nitrogens is 3. The summed E-state index contributed by atoms with van der Waals surface area (Å²) in [4.78, 5) is 25.2. The molecule has 0 spiro atoms. The first-order valence-electron chi connectivity index (χ1n) is 16.1. The first-order valence-corrected chi connectivity index (χ1v) is 16.5. The van der Waals surface area contributed by atoms with Crippen LogP contribution < -0.4 is 20.4 Å². The second-order valence-electron chi connectivity index (χ2n) is 12.9. The van der Waals surface area contributed by atoms with Crippen molar-refractivity contribution in [1.29, 1.82) is 5.26 Å². The maximum absolute atomic E-state index is 13.6. The predicted molar refractivity (Wildman–Crippen MR) is 177 cm³/mol. The Morgan fingerprint density at radius 1 is 1.29 bits per heavy atom. The summed E-state index contributed by atoms with van der Waals surface area (Å²) in [5.74, 6) is -0.182. The van der Waals surface area contributed by atoms with Crippen molar-refractivity contribution >= 4 is 39.8 Å². The third kappa shape index (κ3) is 6.61. The number of hydrogen-bond acceptors (Lipinski definition) is 9. The van der Waals surface area contributed by atoms with E-state index in [-0.39, 0.29) is 24.2 Å². The zero-order chi connectivity index (χ0) is 31.7. The van der Waals surface area contributed by atoms with Gasteiger partial charge in [-0.2, -0.15) is 10.4 Å². The van der Waals surface area contributed by atoms with Gasteiger partial charge in [0.15, 0.2) is 6.23 Å². The van der Waals surface area contributed by atoms with Gasteiger partial charge in [-0.05, 0) is 71.3 Å². The molecular formula is C33H44ClN9O2. The van der Waals surface area contributed by atoms with Crippen LogP contribution in [-0.2, 0) is 17.7 Å². The number of halogens is 1. The van der Waals surface area contributed by atoms with E-state index in [1.165, 1.54) is 0 Å². The van der Waals surface area contributed by atoms with Crippen LogP contribution in [-0.4, -0.2) is 91.1 Å². The fraction of sp³-hybridized carbons (Fsp3) is 0.576. The van der Waals surface area contributed by atoms with Crippen molar-refractivity contribution in [2.45, 2.75) is 70.8 Å². The normalized spacial score (nSPS) is 21.1.